The molecule has 0 spiro atoms. The van der Waals surface area contributed by atoms with Gasteiger partial charge in [0.05, 0.1) is 21.7 Å². The minimum absolute atomic E-state index is 0.225. The average Bonchev–Trinajstić information content (AvgIpc) is 3.21. The van der Waals surface area contributed by atoms with Gasteiger partial charge in [0.25, 0.3) is 0 Å². The zero-order valence-electron chi connectivity index (χ0n) is 12.1. The zero-order valence-corrected chi connectivity index (χ0v) is 12.9. The van der Waals surface area contributed by atoms with Gasteiger partial charge in [0.2, 0.25) is 0 Å². The lowest BCUT2D eigenvalue weighted by molar-refractivity contribution is 0.475. The minimum Gasteiger partial charge on any atom is -0.508 e. The third-order valence-electron chi connectivity index (χ3n) is 3.85. The van der Waals surface area contributed by atoms with Crippen LogP contribution in [-0.2, 0) is 0 Å². The largest absolute Gasteiger partial charge is 0.508 e. The van der Waals surface area contributed by atoms with Crippen LogP contribution in [0, 0.1) is 11.3 Å². The number of fused-ring (bicyclic) bond motifs is 1. The number of phenolic OH excluding ortho intramolecular Hbond substituents is 1. The summed E-state index contributed by atoms with van der Waals surface area (Å²) in [5.41, 5.74) is 3.48. The van der Waals surface area contributed by atoms with Crippen molar-refractivity contribution in [2.75, 3.05) is 0 Å². The summed E-state index contributed by atoms with van der Waals surface area (Å²) in [6.07, 6.45) is 0. The van der Waals surface area contributed by atoms with Crippen molar-refractivity contribution in [2.24, 2.45) is 0 Å². The smallest absolute Gasteiger partial charge is 0.115 e. The van der Waals surface area contributed by atoms with Crippen molar-refractivity contribution in [3.63, 3.8) is 0 Å². The maximum absolute atomic E-state index is 9.72. The van der Waals surface area contributed by atoms with Crippen molar-refractivity contribution in [3.8, 4) is 28.1 Å². The summed E-state index contributed by atoms with van der Waals surface area (Å²) in [6, 6.07) is 21.3. The van der Waals surface area contributed by atoms with Crippen LogP contribution < -0.4 is 0 Å². The molecule has 2 aromatic carbocycles. The molecule has 0 saturated carbocycles. The molecule has 0 bridgehead atoms. The van der Waals surface area contributed by atoms with Crippen molar-refractivity contribution in [1.82, 2.24) is 4.57 Å². The number of hydrogen-bond donors (Lipinski definition) is 1. The zero-order chi connectivity index (χ0) is 15.8. The van der Waals surface area contributed by atoms with E-state index >= 15 is 0 Å². The third-order valence-corrected chi connectivity index (χ3v) is 4.73. The summed E-state index contributed by atoms with van der Waals surface area (Å²) < 4.78 is 2.08. The van der Waals surface area contributed by atoms with Gasteiger partial charge in [-0.1, -0.05) is 24.3 Å². The molecule has 23 heavy (non-hydrogen) atoms. The van der Waals surface area contributed by atoms with Gasteiger partial charge >= 0.3 is 0 Å². The highest BCUT2D eigenvalue weighted by molar-refractivity contribution is 7.13. The molecule has 2 heterocycles. The van der Waals surface area contributed by atoms with Gasteiger partial charge in [-0.05, 0) is 41.8 Å². The highest BCUT2D eigenvalue weighted by Gasteiger charge is 2.20. The average molecular weight is 316 g/mol. The molecule has 0 unspecified atom stereocenters. The molecule has 0 amide bonds. The predicted molar refractivity (Wildman–Crippen MR) is 93.0 cm³/mol. The Kier molecular flexibility index (Phi) is 3.14. The van der Waals surface area contributed by atoms with E-state index in [4.69, 9.17) is 0 Å². The van der Waals surface area contributed by atoms with Crippen LogP contribution in [-0.4, -0.2) is 9.67 Å². The Labute approximate surface area is 137 Å². The number of rotatable bonds is 2. The van der Waals surface area contributed by atoms with E-state index in [9.17, 15) is 10.4 Å². The molecule has 0 aliphatic heterocycles. The van der Waals surface area contributed by atoms with Crippen LogP contribution in [0.5, 0.6) is 5.75 Å². The van der Waals surface area contributed by atoms with E-state index in [0.717, 1.165) is 27.2 Å². The molecule has 0 aliphatic carbocycles. The molecule has 0 fully saturated rings. The number of benzene rings is 2. The SMILES string of the molecule is N#Cc1c(-c2cccs2)n(-c2ccc(O)cc2)c2ccccc12. The van der Waals surface area contributed by atoms with Gasteiger partial charge < -0.3 is 9.67 Å². The molecular formula is C19H12N2OS. The van der Waals surface area contributed by atoms with E-state index in [1.165, 1.54) is 0 Å². The lowest BCUT2D eigenvalue weighted by Gasteiger charge is -2.10. The standard InChI is InChI=1S/C19H12N2OS/c20-12-16-15-4-1-2-5-17(15)21(13-7-9-14(22)10-8-13)19(16)18-6-3-11-23-18/h1-11,22H. The van der Waals surface area contributed by atoms with Gasteiger partial charge in [0, 0.05) is 11.1 Å². The second kappa shape index (κ2) is 5.31. The fourth-order valence-electron chi connectivity index (χ4n) is 2.87. The topological polar surface area (TPSA) is 49.0 Å². The summed E-state index contributed by atoms with van der Waals surface area (Å²) in [4.78, 5) is 1.05. The molecule has 0 atom stereocenters. The second-order valence-corrected chi connectivity index (χ2v) is 6.13. The fraction of sp³-hybridized carbons (Fsp3) is 0. The Morgan fingerprint density at radius 3 is 2.43 bits per heavy atom. The lowest BCUT2D eigenvalue weighted by atomic mass is 10.1. The summed E-state index contributed by atoms with van der Waals surface area (Å²) in [5.74, 6) is 0.225. The van der Waals surface area contributed by atoms with Gasteiger partial charge in [-0.2, -0.15) is 5.26 Å². The Balaban J connectivity index is 2.15. The molecule has 0 aliphatic rings. The van der Waals surface area contributed by atoms with E-state index in [2.05, 4.69) is 10.6 Å². The molecular weight excluding hydrogens is 304 g/mol. The molecule has 3 nitrogen and oxygen atoms in total. The molecule has 1 N–H and O–H groups in total. The van der Waals surface area contributed by atoms with Gasteiger partial charge in [-0.3, -0.25) is 0 Å². The Morgan fingerprint density at radius 1 is 0.957 bits per heavy atom. The Bertz CT molecular complexity index is 1020. The maximum Gasteiger partial charge on any atom is 0.115 e. The first-order valence-corrected chi connectivity index (χ1v) is 8.04. The van der Waals surface area contributed by atoms with E-state index in [0.29, 0.717) is 5.56 Å². The summed E-state index contributed by atoms with van der Waals surface area (Å²) in [7, 11) is 0. The monoisotopic (exact) mass is 316 g/mol. The first-order valence-electron chi connectivity index (χ1n) is 7.16. The van der Waals surface area contributed by atoms with Crippen LogP contribution in [0.3, 0.4) is 0 Å². The predicted octanol–water partition coefficient (Wildman–Crippen LogP) is 4.94. The fourth-order valence-corrected chi connectivity index (χ4v) is 3.64. The molecule has 0 saturated heterocycles. The quantitative estimate of drug-likeness (QED) is 0.569. The number of aromatic hydroxyl groups is 1. The number of nitriles is 1. The Morgan fingerprint density at radius 2 is 1.74 bits per heavy atom. The van der Waals surface area contributed by atoms with Crippen LogP contribution in [0.1, 0.15) is 5.56 Å². The molecule has 4 rings (SSSR count). The van der Waals surface area contributed by atoms with E-state index in [1.807, 2.05) is 53.9 Å². The molecule has 110 valence electrons. The molecule has 4 aromatic rings. The minimum atomic E-state index is 0.225. The Hall–Kier alpha value is -3.03. The van der Waals surface area contributed by atoms with Crippen LogP contribution in [0.2, 0.25) is 0 Å². The van der Waals surface area contributed by atoms with Gasteiger partial charge in [0.1, 0.15) is 11.8 Å². The molecule has 2 aromatic heterocycles. The van der Waals surface area contributed by atoms with Crippen LogP contribution in [0.25, 0.3) is 27.2 Å². The van der Waals surface area contributed by atoms with Crippen molar-refractivity contribution < 1.29 is 5.11 Å². The van der Waals surface area contributed by atoms with Gasteiger partial charge in [-0.15, -0.1) is 11.3 Å². The van der Waals surface area contributed by atoms with E-state index in [1.54, 1.807) is 23.5 Å². The van der Waals surface area contributed by atoms with E-state index in [-0.39, 0.29) is 5.75 Å². The molecule has 0 radical (unpaired) electrons. The van der Waals surface area contributed by atoms with Gasteiger partial charge in [-0.25, -0.2) is 0 Å². The number of thiophene rings is 1. The number of para-hydroxylation sites is 1. The number of aromatic nitrogens is 1. The highest BCUT2D eigenvalue weighted by Crippen LogP contribution is 2.38. The maximum atomic E-state index is 9.72. The van der Waals surface area contributed by atoms with E-state index < -0.39 is 0 Å². The van der Waals surface area contributed by atoms with Gasteiger partial charge in [0.15, 0.2) is 0 Å². The number of hydrogen-bond acceptors (Lipinski definition) is 3. The third kappa shape index (κ3) is 2.10. The van der Waals surface area contributed by atoms with Crippen LogP contribution in [0.15, 0.2) is 66.0 Å². The second-order valence-electron chi connectivity index (χ2n) is 5.18. The summed E-state index contributed by atoms with van der Waals surface area (Å²) in [6.45, 7) is 0. The van der Waals surface area contributed by atoms with Crippen molar-refractivity contribution in [2.45, 2.75) is 0 Å². The number of phenols is 1. The highest BCUT2D eigenvalue weighted by atomic mass is 32.1. The van der Waals surface area contributed by atoms with Crippen LogP contribution in [0.4, 0.5) is 0 Å². The van der Waals surface area contributed by atoms with Crippen molar-refractivity contribution >= 4 is 22.2 Å². The van der Waals surface area contributed by atoms with Crippen molar-refractivity contribution in [1.29, 1.82) is 5.26 Å². The summed E-state index contributed by atoms with van der Waals surface area (Å²) in [5, 5.41) is 22.2. The lowest BCUT2D eigenvalue weighted by Crippen LogP contribution is -1.96. The van der Waals surface area contributed by atoms with Crippen LogP contribution >= 0.6 is 11.3 Å². The summed E-state index contributed by atoms with van der Waals surface area (Å²) >= 11 is 1.61. The normalized spacial score (nSPS) is 10.7. The first-order chi connectivity index (χ1) is 11.3. The molecule has 4 heteroatoms. The first kappa shape index (κ1) is 13.6. The number of nitrogens with zero attached hydrogens (tertiary/aromatic N) is 2. The van der Waals surface area contributed by atoms with Crippen molar-refractivity contribution in [3.05, 3.63) is 71.6 Å².